The number of nitrogens with zero attached hydrogens (tertiary/aromatic N) is 1. The van der Waals surface area contributed by atoms with E-state index < -0.39 is 0 Å². The van der Waals surface area contributed by atoms with Gasteiger partial charge in [0, 0.05) is 36.3 Å². The Hall–Kier alpha value is -4.06. The number of rotatable bonds is 6. The van der Waals surface area contributed by atoms with Crippen molar-refractivity contribution in [2.24, 2.45) is 0 Å². The van der Waals surface area contributed by atoms with Crippen molar-refractivity contribution >= 4 is 34.1 Å². The summed E-state index contributed by atoms with van der Waals surface area (Å²) in [5.74, 6) is 0.0724. The molecule has 6 heteroatoms. The van der Waals surface area contributed by atoms with Crippen molar-refractivity contribution in [2.75, 3.05) is 17.7 Å². The monoisotopic (exact) mass is 413 g/mol. The Balaban J connectivity index is 1.68. The lowest BCUT2D eigenvalue weighted by Crippen LogP contribution is -2.13. The van der Waals surface area contributed by atoms with Crippen molar-refractivity contribution in [1.29, 1.82) is 0 Å². The molecule has 0 unspecified atom stereocenters. The Morgan fingerprint density at radius 3 is 2.42 bits per heavy atom. The van der Waals surface area contributed by atoms with Gasteiger partial charge in [-0.15, -0.1) is 0 Å². The Morgan fingerprint density at radius 2 is 1.68 bits per heavy atom. The van der Waals surface area contributed by atoms with Crippen molar-refractivity contribution in [3.8, 4) is 5.75 Å². The number of hydrogen-bond donors (Lipinski definition) is 2. The smallest absolute Gasteiger partial charge is 0.257 e. The number of para-hydroxylation sites is 1. The van der Waals surface area contributed by atoms with Crippen LogP contribution < -0.4 is 15.4 Å². The van der Waals surface area contributed by atoms with E-state index in [2.05, 4.69) is 27.3 Å². The number of amides is 2. The van der Waals surface area contributed by atoms with Crippen molar-refractivity contribution in [1.82, 2.24) is 4.57 Å². The highest BCUT2D eigenvalue weighted by Crippen LogP contribution is 2.30. The summed E-state index contributed by atoms with van der Waals surface area (Å²) in [6, 6.07) is 23.1. The van der Waals surface area contributed by atoms with Crippen LogP contribution in [0.5, 0.6) is 5.75 Å². The van der Waals surface area contributed by atoms with Crippen molar-refractivity contribution in [3.05, 3.63) is 90.1 Å². The largest absolute Gasteiger partial charge is 0.495 e. The number of carbonyl (C=O) groups excluding carboxylic acids is 2. The van der Waals surface area contributed by atoms with Gasteiger partial charge in [0.25, 0.3) is 5.91 Å². The SMILES string of the molecule is COc1ccc(NC(C)=O)cc1NC(=O)c1cn(Cc2ccccc2)c2ccccc12. The van der Waals surface area contributed by atoms with Gasteiger partial charge in [-0.05, 0) is 29.8 Å². The molecule has 0 atom stereocenters. The maximum atomic E-state index is 13.2. The molecule has 1 aromatic heterocycles. The summed E-state index contributed by atoms with van der Waals surface area (Å²) in [5, 5.41) is 6.52. The number of aromatic nitrogens is 1. The highest BCUT2D eigenvalue weighted by Gasteiger charge is 2.17. The number of anilines is 2. The molecule has 0 saturated carbocycles. The molecule has 4 aromatic rings. The highest BCUT2D eigenvalue weighted by atomic mass is 16.5. The summed E-state index contributed by atoms with van der Waals surface area (Å²) >= 11 is 0. The molecule has 6 nitrogen and oxygen atoms in total. The second-order valence-corrected chi connectivity index (χ2v) is 7.22. The molecule has 1 heterocycles. The standard InChI is InChI=1S/C25H23N3O3/c1-17(29)26-19-12-13-24(31-2)22(14-19)27-25(30)21-16-28(15-18-8-4-3-5-9-18)23-11-7-6-10-20(21)23/h3-14,16H,15H2,1-2H3,(H,26,29)(H,27,30). The van der Waals surface area contributed by atoms with Gasteiger partial charge in [0.15, 0.2) is 0 Å². The topological polar surface area (TPSA) is 72.4 Å². The zero-order valence-electron chi connectivity index (χ0n) is 17.4. The predicted molar refractivity (Wildman–Crippen MR) is 123 cm³/mol. The Bertz CT molecular complexity index is 1250. The molecule has 31 heavy (non-hydrogen) atoms. The molecule has 0 aliphatic rings. The first-order valence-corrected chi connectivity index (χ1v) is 9.94. The molecule has 0 radical (unpaired) electrons. The number of carbonyl (C=O) groups is 2. The maximum Gasteiger partial charge on any atom is 0.257 e. The van der Waals surface area contributed by atoms with Gasteiger partial charge in [0.2, 0.25) is 5.91 Å². The zero-order chi connectivity index (χ0) is 21.8. The average molecular weight is 413 g/mol. The molecule has 0 bridgehead atoms. The van der Waals surface area contributed by atoms with Gasteiger partial charge in [-0.3, -0.25) is 9.59 Å². The minimum Gasteiger partial charge on any atom is -0.495 e. The van der Waals surface area contributed by atoms with Crippen LogP contribution in [0.2, 0.25) is 0 Å². The molecule has 0 aliphatic heterocycles. The Morgan fingerprint density at radius 1 is 0.935 bits per heavy atom. The van der Waals surface area contributed by atoms with E-state index in [0.29, 0.717) is 29.2 Å². The molecule has 0 spiro atoms. The number of ether oxygens (including phenoxy) is 1. The number of nitrogens with one attached hydrogen (secondary N) is 2. The van der Waals surface area contributed by atoms with Crippen molar-refractivity contribution < 1.29 is 14.3 Å². The van der Waals surface area contributed by atoms with Crippen molar-refractivity contribution in [3.63, 3.8) is 0 Å². The molecular formula is C25H23N3O3. The van der Waals surface area contributed by atoms with Crippen LogP contribution in [0.1, 0.15) is 22.8 Å². The normalized spacial score (nSPS) is 10.6. The first-order chi connectivity index (χ1) is 15.0. The summed E-state index contributed by atoms with van der Waals surface area (Å²) in [5.41, 5.74) is 3.77. The quantitative estimate of drug-likeness (QED) is 0.472. The maximum absolute atomic E-state index is 13.2. The van der Waals surface area contributed by atoms with Crippen LogP contribution in [-0.2, 0) is 11.3 Å². The van der Waals surface area contributed by atoms with E-state index in [0.717, 1.165) is 16.5 Å². The Kier molecular flexibility index (Phi) is 5.71. The molecule has 3 aromatic carbocycles. The minimum atomic E-state index is -0.249. The van der Waals surface area contributed by atoms with Crippen LogP contribution in [0.15, 0.2) is 79.0 Å². The van der Waals surface area contributed by atoms with Crippen LogP contribution in [0.3, 0.4) is 0 Å². The van der Waals surface area contributed by atoms with Crippen LogP contribution in [0.4, 0.5) is 11.4 Å². The van der Waals surface area contributed by atoms with Crippen LogP contribution in [0.25, 0.3) is 10.9 Å². The van der Waals surface area contributed by atoms with Gasteiger partial charge in [-0.1, -0.05) is 48.5 Å². The fraction of sp³-hybridized carbons (Fsp3) is 0.120. The third kappa shape index (κ3) is 4.43. The van der Waals surface area contributed by atoms with E-state index in [-0.39, 0.29) is 11.8 Å². The van der Waals surface area contributed by atoms with E-state index in [1.54, 1.807) is 18.2 Å². The first kappa shape index (κ1) is 20.2. The first-order valence-electron chi connectivity index (χ1n) is 9.94. The molecule has 2 amide bonds. The molecule has 156 valence electrons. The summed E-state index contributed by atoms with van der Waals surface area (Å²) < 4.78 is 7.46. The second kappa shape index (κ2) is 8.75. The van der Waals surface area contributed by atoms with Gasteiger partial charge in [0.1, 0.15) is 5.75 Å². The van der Waals surface area contributed by atoms with Gasteiger partial charge in [0.05, 0.1) is 18.4 Å². The highest BCUT2D eigenvalue weighted by molar-refractivity contribution is 6.13. The third-order valence-corrected chi connectivity index (χ3v) is 5.00. The summed E-state index contributed by atoms with van der Waals surface area (Å²) in [6.45, 7) is 2.10. The van der Waals surface area contributed by atoms with E-state index in [4.69, 9.17) is 4.74 Å². The fourth-order valence-electron chi connectivity index (χ4n) is 3.61. The lowest BCUT2D eigenvalue weighted by molar-refractivity contribution is -0.114. The molecule has 4 rings (SSSR count). The number of hydrogen-bond acceptors (Lipinski definition) is 3. The average Bonchev–Trinajstić information content (AvgIpc) is 3.13. The Labute approximate surface area is 180 Å². The van der Waals surface area contributed by atoms with E-state index >= 15 is 0 Å². The van der Waals surface area contributed by atoms with Gasteiger partial charge < -0.3 is 19.9 Å². The lowest BCUT2D eigenvalue weighted by Gasteiger charge is -2.12. The molecule has 0 aliphatic carbocycles. The summed E-state index contributed by atoms with van der Waals surface area (Å²) in [4.78, 5) is 24.6. The number of methoxy groups -OCH3 is 1. The molecule has 0 saturated heterocycles. The lowest BCUT2D eigenvalue weighted by atomic mass is 10.1. The zero-order valence-corrected chi connectivity index (χ0v) is 17.4. The van der Waals surface area contributed by atoms with Crippen molar-refractivity contribution in [2.45, 2.75) is 13.5 Å². The van der Waals surface area contributed by atoms with Gasteiger partial charge in [-0.25, -0.2) is 0 Å². The molecule has 0 fully saturated rings. The third-order valence-electron chi connectivity index (χ3n) is 5.00. The molecular weight excluding hydrogens is 390 g/mol. The minimum absolute atomic E-state index is 0.188. The van der Waals surface area contributed by atoms with Crippen LogP contribution in [-0.4, -0.2) is 23.5 Å². The fourth-order valence-corrected chi connectivity index (χ4v) is 3.61. The number of benzene rings is 3. The summed E-state index contributed by atoms with van der Waals surface area (Å²) in [7, 11) is 1.54. The van der Waals surface area contributed by atoms with Crippen LogP contribution in [0, 0.1) is 0 Å². The van der Waals surface area contributed by atoms with Crippen LogP contribution >= 0.6 is 0 Å². The van der Waals surface area contributed by atoms with Gasteiger partial charge in [-0.2, -0.15) is 0 Å². The van der Waals surface area contributed by atoms with Gasteiger partial charge >= 0.3 is 0 Å². The van der Waals surface area contributed by atoms with E-state index in [1.165, 1.54) is 14.0 Å². The van der Waals surface area contributed by atoms with E-state index in [1.807, 2.05) is 48.7 Å². The predicted octanol–water partition coefficient (Wildman–Crippen LogP) is 4.91. The second-order valence-electron chi connectivity index (χ2n) is 7.22. The molecule has 2 N–H and O–H groups in total. The summed E-state index contributed by atoms with van der Waals surface area (Å²) in [6.07, 6.45) is 1.87. The number of fused-ring (bicyclic) bond motifs is 1. The van der Waals surface area contributed by atoms with E-state index in [9.17, 15) is 9.59 Å².